The molecule has 7 heteroatoms. The van der Waals surface area contributed by atoms with E-state index >= 15 is 0 Å². The Hall–Kier alpha value is -2.93. The molecule has 0 radical (unpaired) electrons. The molecule has 35 heavy (non-hydrogen) atoms. The summed E-state index contributed by atoms with van der Waals surface area (Å²) in [7, 11) is 0. The second kappa shape index (κ2) is 9.97. The first kappa shape index (κ1) is 25.2. The molecule has 4 rings (SSSR count). The van der Waals surface area contributed by atoms with Gasteiger partial charge in [0, 0.05) is 17.3 Å². The molecule has 3 amide bonds. The average Bonchev–Trinajstić information content (AvgIpc) is 3.17. The second-order valence-electron chi connectivity index (χ2n) is 10.9. The van der Waals surface area contributed by atoms with E-state index in [-0.39, 0.29) is 18.0 Å². The van der Waals surface area contributed by atoms with Gasteiger partial charge >= 0.3 is 6.03 Å². The van der Waals surface area contributed by atoms with Crippen LogP contribution < -0.4 is 16.0 Å². The number of aryl methyl sites for hydroxylation is 3. The minimum atomic E-state index is -0.216. The van der Waals surface area contributed by atoms with Gasteiger partial charge in [0.15, 0.2) is 5.13 Å². The number of fused-ring (bicyclic) bond motifs is 1. The van der Waals surface area contributed by atoms with Gasteiger partial charge in [0.25, 0.3) is 5.91 Å². The van der Waals surface area contributed by atoms with Gasteiger partial charge in [-0.1, -0.05) is 49.8 Å². The van der Waals surface area contributed by atoms with Gasteiger partial charge in [0.2, 0.25) is 0 Å². The summed E-state index contributed by atoms with van der Waals surface area (Å²) in [4.78, 5) is 30.0. The van der Waals surface area contributed by atoms with E-state index in [4.69, 9.17) is 0 Å². The number of nitrogens with zero attached hydrogens (tertiary/aromatic N) is 1. The number of benzene rings is 2. The Morgan fingerprint density at radius 1 is 0.943 bits per heavy atom. The molecule has 1 heterocycles. The first-order chi connectivity index (χ1) is 16.5. The smallest absolute Gasteiger partial charge is 0.321 e. The van der Waals surface area contributed by atoms with Crippen molar-refractivity contribution in [1.82, 2.24) is 10.3 Å². The lowest BCUT2D eigenvalue weighted by molar-refractivity contribution is 0.102. The molecule has 0 bridgehead atoms. The van der Waals surface area contributed by atoms with Gasteiger partial charge in [-0.15, -0.1) is 0 Å². The lowest BCUT2D eigenvalue weighted by Gasteiger charge is -2.37. The maximum Gasteiger partial charge on any atom is 0.321 e. The van der Waals surface area contributed by atoms with E-state index in [2.05, 4.69) is 53.8 Å². The number of urea groups is 1. The number of carbonyl (C=O) groups is 2. The number of hydrogen-bond donors (Lipinski definition) is 3. The molecule has 0 saturated heterocycles. The summed E-state index contributed by atoms with van der Waals surface area (Å²) in [6.45, 7) is 12.9. The molecule has 2 aromatic carbocycles. The number of amides is 3. The van der Waals surface area contributed by atoms with E-state index in [0.717, 1.165) is 52.7 Å². The standard InChI is InChI=1S/C28H36N4O2S/c1-16-13-17(2)24(18(3)14-16)31-25(33)19-7-12-22-23(15-19)35-27(30-22)32-26(34)29-21-10-8-20(9-11-21)28(4,5)6/h7,12-15,20-21H,8-11H2,1-6H3,(H,31,33)(H2,29,30,32,34). The van der Waals surface area contributed by atoms with Gasteiger partial charge in [-0.2, -0.15) is 0 Å². The van der Waals surface area contributed by atoms with E-state index in [0.29, 0.717) is 22.0 Å². The highest BCUT2D eigenvalue weighted by Crippen LogP contribution is 2.37. The number of carbonyl (C=O) groups excluding carboxylic acids is 2. The number of hydrogen-bond acceptors (Lipinski definition) is 4. The molecule has 0 atom stereocenters. The first-order valence-corrected chi connectivity index (χ1v) is 13.2. The normalized spacial score (nSPS) is 18.3. The third-order valence-electron chi connectivity index (χ3n) is 7.07. The molecule has 0 spiro atoms. The van der Waals surface area contributed by atoms with Crippen LogP contribution in [0, 0.1) is 32.1 Å². The molecule has 1 saturated carbocycles. The maximum atomic E-state index is 12.9. The van der Waals surface area contributed by atoms with Crippen LogP contribution in [-0.4, -0.2) is 23.0 Å². The van der Waals surface area contributed by atoms with E-state index in [1.165, 1.54) is 16.9 Å². The van der Waals surface area contributed by atoms with Gasteiger partial charge in [0.1, 0.15) is 0 Å². The van der Waals surface area contributed by atoms with Crippen LogP contribution in [0.5, 0.6) is 0 Å². The molecule has 0 aliphatic heterocycles. The Morgan fingerprint density at radius 3 is 2.23 bits per heavy atom. The van der Waals surface area contributed by atoms with Crippen LogP contribution in [0.1, 0.15) is 73.5 Å². The van der Waals surface area contributed by atoms with Crippen molar-refractivity contribution < 1.29 is 9.59 Å². The Balaban J connectivity index is 1.38. The van der Waals surface area contributed by atoms with Gasteiger partial charge in [-0.05, 0) is 87.1 Å². The SMILES string of the molecule is Cc1cc(C)c(NC(=O)c2ccc3nc(NC(=O)NC4CCC(C(C)(C)C)CC4)sc3c2)c(C)c1. The fourth-order valence-electron chi connectivity index (χ4n) is 5.10. The monoisotopic (exact) mass is 492 g/mol. The van der Waals surface area contributed by atoms with Crippen molar-refractivity contribution in [2.24, 2.45) is 11.3 Å². The highest BCUT2D eigenvalue weighted by atomic mass is 32.1. The Labute approximate surface area is 211 Å². The minimum Gasteiger partial charge on any atom is -0.335 e. The fourth-order valence-corrected chi connectivity index (χ4v) is 6.00. The summed E-state index contributed by atoms with van der Waals surface area (Å²) in [5.41, 5.74) is 5.74. The van der Waals surface area contributed by atoms with Crippen LogP contribution in [0.3, 0.4) is 0 Å². The van der Waals surface area contributed by atoms with E-state index in [1.54, 1.807) is 6.07 Å². The van der Waals surface area contributed by atoms with Crippen LogP contribution in [-0.2, 0) is 0 Å². The Bertz CT molecular complexity index is 1230. The molecule has 1 aromatic heterocycles. The van der Waals surface area contributed by atoms with Crippen LogP contribution in [0.2, 0.25) is 0 Å². The van der Waals surface area contributed by atoms with E-state index < -0.39 is 0 Å². The minimum absolute atomic E-state index is 0.159. The van der Waals surface area contributed by atoms with Crippen LogP contribution in [0.4, 0.5) is 15.6 Å². The summed E-state index contributed by atoms with van der Waals surface area (Å²) in [5, 5.41) is 9.57. The predicted molar refractivity (Wildman–Crippen MR) is 146 cm³/mol. The number of rotatable bonds is 4. The fraction of sp³-hybridized carbons (Fsp3) is 0.464. The molecular weight excluding hydrogens is 456 g/mol. The number of anilines is 2. The van der Waals surface area contributed by atoms with Crippen molar-refractivity contribution in [3.8, 4) is 0 Å². The van der Waals surface area contributed by atoms with Crippen molar-refractivity contribution in [2.45, 2.75) is 73.3 Å². The molecule has 1 aliphatic carbocycles. The molecule has 3 aromatic rings. The summed E-state index contributed by atoms with van der Waals surface area (Å²) in [6.07, 6.45) is 4.30. The topological polar surface area (TPSA) is 83.1 Å². The van der Waals surface area contributed by atoms with Gasteiger partial charge < -0.3 is 10.6 Å². The summed E-state index contributed by atoms with van der Waals surface area (Å²) in [6, 6.07) is 9.54. The number of nitrogens with one attached hydrogen (secondary N) is 3. The Morgan fingerprint density at radius 2 is 1.60 bits per heavy atom. The van der Waals surface area contributed by atoms with Crippen LogP contribution in [0.15, 0.2) is 30.3 Å². The third-order valence-corrected chi connectivity index (χ3v) is 8.01. The molecule has 186 valence electrons. The van der Waals surface area contributed by atoms with Crippen molar-refractivity contribution in [3.05, 3.63) is 52.6 Å². The van der Waals surface area contributed by atoms with Crippen molar-refractivity contribution in [3.63, 3.8) is 0 Å². The van der Waals surface area contributed by atoms with Gasteiger partial charge in [-0.25, -0.2) is 9.78 Å². The lowest BCUT2D eigenvalue weighted by Crippen LogP contribution is -2.41. The molecule has 1 fully saturated rings. The number of aromatic nitrogens is 1. The molecule has 6 nitrogen and oxygen atoms in total. The zero-order valence-electron chi connectivity index (χ0n) is 21.5. The van der Waals surface area contributed by atoms with Crippen molar-refractivity contribution in [2.75, 3.05) is 10.6 Å². The quantitative estimate of drug-likeness (QED) is 0.360. The highest BCUT2D eigenvalue weighted by Gasteiger charge is 2.30. The highest BCUT2D eigenvalue weighted by molar-refractivity contribution is 7.22. The van der Waals surface area contributed by atoms with Crippen LogP contribution in [0.25, 0.3) is 10.2 Å². The maximum absolute atomic E-state index is 12.9. The summed E-state index contributed by atoms with van der Waals surface area (Å²) >= 11 is 1.37. The van der Waals surface area contributed by atoms with Gasteiger partial charge in [0.05, 0.1) is 10.2 Å². The van der Waals surface area contributed by atoms with Crippen LogP contribution >= 0.6 is 11.3 Å². The van der Waals surface area contributed by atoms with E-state index in [9.17, 15) is 9.59 Å². The lowest BCUT2D eigenvalue weighted by atomic mass is 9.71. The zero-order chi connectivity index (χ0) is 25.3. The van der Waals surface area contributed by atoms with Crippen molar-refractivity contribution >= 4 is 44.3 Å². The number of thiazole rings is 1. The molecule has 0 unspecified atom stereocenters. The average molecular weight is 493 g/mol. The Kier molecular flexibility index (Phi) is 7.17. The summed E-state index contributed by atoms with van der Waals surface area (Å²) in [5.74, 6) is 0.548. The zero-order valence-corrected chi connectivity index (χ0v) is 22.4. The molecular formula is C28H36N4O2S. The third kappa shape index (κ3) is 6.01. The second-order valence-corrected chi connectivity index (χ2v) is 12.0. The van der Waals surface area contributed by atoms with Gasteiger partial charge in [-0.3, -0.25) is 10.1 Å². The first-order valence-electron chi connectivity index (χ1n) is 12.4. The van der Waals surface area contributed by atoms with E-state index in [1.807, 2.05) is 32.9 Å². The predicted octanol–water partition coefficient (Wildman–Crippen LogP) is 7.20. The molecule has 1 aliphatic rings. The molecule has 3 N–H and O–H groups in total. The largest absolute Gasteiger partial charge is 0.335 e. The summed E-state index contributed by atoms with van der Waals surface area (Å²) < 4.78 is 0.857. The van der Waals surface area contributed by atoms with Crippen molar-refractivity contribution in [1.29, 1.82) is 0 Å².